The number of hydrogen-bond donors (Lipinski definition) is 2. The number of amides is 1. The predicted molar refractivity (Wildman–Crippen MR) is 149 cm³/mol. The minimum absolute atomic E-state index is 0.197. The fourth-order valence-electron chi connectivity index (χ4n) is 4.95. The first-order chi connectivity index (χ1) is 18.4. The lowest BCUT2D eigenvalue weighted by atomic mass is 10.0. The van der Waals surface area contributed by atoms with Gasteiger partial charge in [0.2, 0.25) is 5.91 Å². The molecule has 0 radical (unpaired) electrons. The zero-order valence-corrected chi connectivity index (χ0v) is 22.2. The van der Waals surface area contributed by atoms with Crippen molar-refractivity contribution in [3.63, 3.8) is 0 Å². The molecule has 0 spiro atoms. The second kappa shape index (κ2) is 13.3. The number of carbonyl (C=O) groups excluding carboxylic acids is 1. The molecule has 2 atom stereocenters. The maximum Gasteiger partial charge on any atom is 0.308 e. The van der Waals surface area contributed by atoms with Crippen molar-refractivity contribution in [2.45, 2.75) is 64.3 Å². The molecule has 7 heteroatoms. The highest BCUT2D eigenvalue weighted by molar-refractivity contribution is 5.83. The number of nitrogens with two attached hydrogens (primary N) is 1. The Bertz CT molecular complexity index is 1190. The van der Waals surface area contributed by atoms with Crippen molar-refractivity contribution >= 4 is 11.9 Å². The highest BCUT2D eigenvalue weighted by atomic mass is 16.4. The number of carbonyl (C=O) groups is 2. The summed E-state index contributed by atoms with van der Waals surface area (Å²) in [6.07, 6.45) is 12.2. The van der Waals surface area contributed by atoms with Gasteiger partial charge in [0.25, 0.3) is 0 Å². The van der Waals surface area contributed by atoms with Crippen LogP contribution in [-0.4, -0.2) is 51.0 Å². The summed E-state index contributed by atoms with van der Waals surface area (Å²) in [5.74, 6) is -0.916. The molecule has 1 fully saturated rings. The second-order valence-corrected chi connectivity index (χ2v) is 10.3. The molecule has 0 aliphatic carbocycles. The van der Waals surface area contributed by atoms with Crippen LogP contribution in [0, 0.1) is 5.92 Å². The standard InChI is InChI=1S/C31H38N4O3/c1-2-3-4-5-6-7-22-8-12-24(13-9-22)27-19-33-29(34-20-27)25-14-10-23(11-15-25)18-28(32)30(36)35-17-16-26(21-35)31(37)38/h8-15,19-20,26,28H,2-7,16-18,21,32H2,1H3,(H,37,38)/t26-,28-/m0/s1. The number of benzene rings is 2. The van der Waals surface area contributed by atoms with Crippen molar-refractivity contribution in [1.29, 1.82) is 0 Å². The minimum Gasteiger partial charge on any atom is -0.481 e. The molecule has 1 aliphatic rings. The van der Waals surface area contributed by atoms with Crippen LogP contribution in [-0.2, 0) is 22.4 Å². The summed E-state index contributed by atoms with van der Waals surface area (Å²) in [4.78, 5) is 34.5. The van der Waals surface area contributed by atoms with E-state index in [4.69, 9.17) is 10.8 Å². The number of aromatic nitrogens is 2. The number of aryl methyl sites for hydroxylation is 1. The van der Waals surface area contributed by atoms with Gasteiger partial charge in [-0.2, -0.15) is 0 Å². The molecule has 1 amide bonds. The number of aliphatic carboxylic acids is 1. The van der Waals surface area contributed by atoms with Crippen LogP contribution in [0.5, 0.6) is 0 Å². The summed E-state index contributed by atoms with van der Waals surface area (Å²) in [7, 11) is 0. The zero-order valence-electron chi connectivity index (χ0n) is 22.2. The van der Waals surface area contributed by atoms with Crippen LogP contribution in [0.25, 0.3) is 22.5 Å². The fraction of sp³-hybridized carbons (Fsp3) is 0.419. The molecule has 200 valence electrons. The number of carboxylic acids is 1. The number of carboxylic acid groups (broad SMARTS) is 1. The highest BCUT2D eigenvalue weighted by Crippen LogP contribution is 2.23. The molecule has 0 saturated carbocycles. The van der Waals surface area contributed by atoms with E-state index in [2.05, 4.69) is 41.2 Å². The Morgan fingerprint density at radius 3 is 2.18 bits per heavy atom. The second-order valence-electron chi connectivity index (χ2n) is 10.3. The van der Waals surface area contributed by atoms with Crippen molar-refractivity contribution in [1.82, 2.24) is 14.9 Å². The van der Waals surface area contributed by atoms with E-state index in [1.807, 2.05) is 36.7 Å². The normalized spacial score (nSPS) is 15.9. The molecule has 4 rings (SSSR count). The molecule has 0 unspecified atom stereocenters. The largest absolute Gasteiger partial charge is 0.481 e. The number of likely N-dealkylation sites (tertiary alicyclic amines) is 1. The Morgan fingerprint density at radius 2 is 1.55 bits per heavy atom. The Kier molecular flexibility index (Phi) is 9.60. The molecular weight excluding hydrogens is 476 g/mol. The lowest BCUT2D eigenvalue weighted by Crippen LogP contribution is -2.44. The molecule has 2 aromatic carbocycles. The van der Waals surface area contributed by atoms with Crippen LogP contribution in [0.2, 0.25) is 0 Å². The van der Waals surface area contributed by atoms with Crippen molar-refractivity contribution in [2.24, 2.45) is 11.7 Å². The summed E-state index contributed by atoms with van der Waals surface area (Å²) in [6.45, 7) is 2.92. The summed E-state index contributed by atoms with van der Waals surface area (Å²) in [6, 6.07) is 15.7. The maximum absolute atomic E-state index is 12.6. The van der Waals surface area contributed by atoms with Gasteiger partial charge in [0.1, 0.15) is 0 Å². The first-order valence-electron chi connectivity index (χ1n) is 13.7. The van der Waals surface area contributed by atoms with Crippen LogP contribution in [0.3, 0.4) is 0 Å². The third-order valence-corrected chi connectivity index (χ3v) is 7.34. The lowest BCUT2D eigenvalue weighted by molar-refractivity contribution is -0.141. The van der Waals surface area contributed by atoms with E-state index in [-0.39, 0.29) is 12.5 Å². The molecule has 1 aliphatic heterocycles. The van der Waals surface area contributed by atoms with Crippen molar-refractivity contribution in [2.75, 3.05) is 13.1 Å². The molecule has 38 heavy (non-hydrogen) atoms. The topological polar surface area (TPSA) is 109 Å². The van der Waals surface area contributed by atoms with Crippen molar-refractivity contribution < 1.29 is 14.7 Å². The van der Waals surface area contributed by atoms with E-state index < -0.39 is 17.9 Å². The van der Waals surface area contributed by atoms with Gasteiger partial charge in [-0.25, -0.2) is 9.97 Å². The van der Waals surface area contributed by atoms with E-state index in [1.54, 1.807) is 4.90 Å². The Hall–Kier alpha value is -3.58. The third kappa shape index (κ3) is 7.25. The van der Waals surface area contributed by atoms with E-state index in [0.717, 1.165) is 28.7 Å². The molecule has 7 nitrogen and oxygen atoms in total. The fourth-order valence-corrected chi connectivity index (χ4v) is 4.95. The maximum atomic E-state index is 12.6. The van der Waals surface area contributed by atoms with Crippen molar-refractivity contribution in [3.05, 3.63) is 72.1 Å². The summed E-state index contributed by atoms with van der Waals surface area (Å²) in [5, 5.41) is 9.16. The van der Waals surface area contributed by atoms with Gasteiger partial charge in [0, 0.05) is 36.6 Å². The molecule has 1 aromatic heterocycles. The summed E-state index contributed by atoms with van der Waals surface area (Å²) in [5.41, 5.74) is 11.4. The minimum atomic E-state index is -0.860. The van der Waals surface area contributed by atoms with Crippen LogP contribution in [0.4, 0.5) is 0 Å². The molecule has 3 aromatic rings. The van der Waals surface area contributed by atoms with Crippen LogP contribution >= 0.6 is 0 Å². The molecule has 3 N–H and O–H groups in total. The van der Waals surface area contributed by atoms with E-state index in [0.29, 0.717) is 25.2 Å². The first-order valence-corrected chi connectivity index (χ1v) is 13.7. The SMILES string of the molecule is CCCCCCCc1ccc(-c2cnc(-c3ccc(C[C@H](N)C(=O)N4CC[C@H](C(=O)O)C4)cc3)nc2)cc1. The molecule has 0 bridgehead atoms. The molecule has 1 saturated heterocycles. The lowest BCUT2D eigenvalue weighted by Gasteiger charge is -2.20. The molecular formula is C31H38N4O3. The van der Waals surface area contributed by atoms with Gasteiger partial charge >= 0.3 is 5.97 Å². The van der Waals surface area contributed by atoms with Gasteiger partial charge in [0.05, 0.1) is 12.0 Å². The average Bonchev–Trinajstić information content (AvgIpc) is 3.44. The quantitative estimate of drug-likeness (QED) is 0.325. The number of rotatable bonds is 12. The van der Waals surface area contributed by atoms with E-state index in [1.165, 1.54) is 37.7 Å². The smallest absolute Gasteiger partial charge is 0.308 e. The number of nitrogens with zero attached hydrogens (tertiary/aromatic N) is 3. The van der Waals surface area contributed by atoms with Crippen LogP contribution < -0.4 is 5.73 Å². The number of hydrogen-bond acceptors (Lipinski definition) is 5. The predicted octanol–water partition coefficient (Wildman–Crippen LogP) is 5.13. The summed E-state index contributed by atoms with van der Waals surface area (Å²) < 4.78 is 0. The van der Waals surface area contributed by atoms with Crippen molar-refractivity contribution in [3.8, 4) is 22.5 Å². The Morgan fingerprint density at radius 1 is 0.921 bits per heavy atom. The third-order valence-electron chi connectivity index (χ3n) is 7.34. The van der Waals surface area contributed by atoms with E-state index >= 15 is 0 Å². The highest BCUT2D eigenvalue weighted by Gasteiger charge is 2.32. The van der Waals surface area contributed by atoms with Crippen LogP contribution in [0.1, 0.15) is 56.6 Å². The van der Waals surface area contributed by atoms with Gasteiger partial charge in [-0.15, -0.1) is 0 Å². The Labute approximate surface area is 225 Å². The summed E-state index contributed by atoms with van der Waals surface area (Å²) >= 11 is 0. The van der Waals surface area contributed by atoms with Gasteiger partial charge in [-0.1, -0.05) is 81.1 Å². The Balaban J connectivity index is 1.30. The average molecular weight is 515 g/mol. The first kappa shape index (κ1) is 27.5. The van der Waals surface area contributed by atoms with Gasteiger partial charge in [0.15, 0.2) is 5.82 Å². The van der Waals surface area contributed by atoms with Gasteiger partial charge in [-0.3, -0.25) is 9.59 Å². The van der Waals surface area contributed by atoms with Gasteiger partial charge in [-0.05, 0) is 42.4 Å². The zero-order chi connectivity index (χ0) is 26.9. The number of unbranched alkanes of at least 4 members (excludes halogenated alkanes) is 4. The van der Waals surface area contributed by atoms with E-state index in [9.17, 15) is 9.59 Å². The van der Waals surface area contributed by atoms with Crippen LogP contribution in [0.15, 0.2) is 60.9 Å². The monoisotopic (exact) mass is 514 g/mol. The molecule has 2 heterocycles. The van der Waals surface area contributed by atoms with Gasteiger partial charge < -0.3 is 15.7 Å².